The fourth-order valence-corrected chi connectivity index (χ4v) is 4.26. The van der Waals surface area contributed by atoms with E-state index in [0.717, 1.165) is 9.56 Å². The average Bonchev–Trinajstić information content (AvgIpc) is 3.26. The Kier molecular flexibility index (Phi) is 7.03. The third kappa shape index (κ3) is 4.69. The molecule has 0 unspecified atom stereocenters. The van der Waals surface area contributed by atoms with Crippen LogP contribution in [0.4, 0.5) is 32.6 Å². The summed E-state index contributed by atoms with van der Waals surface area (Å²) >= 11 is 6.57. The van der Waals surface area contributed by atoms with Crippen LogP contribution >= 0.6 is 23.6 Å². The van der Waals surface area contributed by atoms with Crippen molar-refractivity contribution in [3.63, 3.8) is 0 Å². The fourth-order valence-electron chi connectivity index (χ4n) is 3.09. The second-order valence-electron chi connectivity index (χ2n) is 6.92. The Hall–Kier alpha value is -3.06. The number of nitrogens with zero attached hydrogens (tertiary/aromatic N) is 2. The van der Waals surface area contributed by atoms with Gasteiger partial charge in [0.1, 0.15) is 5.00 Å². The van der Waals surface area contributed by atoms with Crippen molar-refractivity contribution in [2.75, 3.05) is 17.7 Å². The molecule has 33 heavy (non-hydrogen) atoms. The lowest BCUT2D eigenvalue weighted by Crippen LogP contribution is -2.20. The molecule has 1 aromatic carbocycles. The van der Waals surface area contributed by atoms with Gasteiger partial charge in [0.05, 0.1) is 41.9 Å². The van der Waals surface area contributed by atoms with Crippen LogP contribution in [0, 0.1) is 49.9 Å². The minimum absolute atomic E-state index is 0.0870. The number of hydrogen-bond acceptors (Lipinski definition) is 5. The van der Waals surface area contributed by atoms with Crippen molar-refractivity contribution in [1.82, 2.24) is 9.78 Å². The number of thiophene rings is 1. The van der Waals surface area contributed by atoms with E-state index in [1.54, 1.807) is 19.9 Å². The van der Waals surface area contributed by atoms with Crippen LogP contribution in [0.3, 0.4) is 0 Å². The van der Waals surface area contributed by atoms with Crippen LogP contribution < -0.4 is 10.6 Å². The molecule has 0 aliphatic heterocycles. The molecule has 0 saturated heterocycles. The summed E-state index contributed by atoms with van der Waals surface area (Å²) in [6.07, 6.45) is 0. The van der Waals surface area contributed by atoms with E-state index in [4.69, 9.17) is 17.0 Å². The zero-order valence-electron chi connectivity index (χ0n) is 17.7. The Balaban J connectivity index is 1.86. The predicted molar refractivity (Wildman–Crippen MR) is 117 cm³/mol. The summed E-state index contributed by atoms with van der Waals surface area (Å²) in [5.41, 5.74) is 0.331. The minimum atomic E-state index is -2.23. The van der Waals surface area contributed by atoms with Crippen molar-refractivity contribution in [3.05, 3.63) is 62.5 Å². The van der Waals surface area contributed by atoms with Crippen LogP contribution in [0.25, 0.3) is 0 Å². The van der Waals surface area contributed by atoms with E-state index in [2.05, 4.69) is 15.7 Å². The molecule has 6 nitrogen and oxygen atoms in total. The Morgan fingerprint density at radius 1 is 1.06 bits per heavy atom. The maximum atomic E-state index is 14.1. The van der Waals surface area contributed by atoms with Gasteiger partial charge in [-0.3, -0.25) is 4.68 Å². The number of hydrogen-bond donors (Lipinski definition) is 2. The minimum Gasteiger partial charge on any atom is -0.465 e. The van der Waals surface area contributed by atoms with Gasteiger partial charge in [-0.15, -0.1) is 11.3 Å². The number of aryl methyl sites for hydroxylation is 2. The molecule has 176 valence electrons. The number of esters is 1. The average molecular weight is 505 g/mol. The zero-order chi connectivity index (χ0) is 24.6. The molecule has 2 aromatic heterocycles. The number of methoxy groups -OCH3 is 1. The highest BCUT2D eigenvalue weighted by molar-refractivity contribution is 7.80. The van der Waals surface area contributed by atoms with E-state index in [0.29, 0.717) is 27.6 Å². The number of rotatable bonds is 5. The van der Waals surface area contributed by atoms with Gasteiger partial charge in [-0.2, -0.15) is 5.10 Å². The van der Waals surface area contributed by atoms with E-state index in [1.807, 2.05) is 0 Å². The van der Waals surface area contributed by atoms with Crippen LogP contribution in [0.2, 0.25) is 0 Å². The highest BCUT2D eigenvalue weighted by Gasteiger charge is 2.27. The third-order valence-corrected chi connectivity index (χ3v) is 5.89. The molecule has 2 heterocycles. The maximum Gasteiger partial charge on any atom is 0.340 e. The fraction of sp³-hybridized carbons (Fsp3) is 0.250. The second-order valence-corrected chi connectivity index (χ2v) is 8.59. The molecule has 3 rings (SSSR count). The lowest BCUT2D eigenvalue weighted by molar-refractivity contribution is 0.0602. The zero-order valence-corrected chi connectivity index (χ0v) is 19.3. The van der Waals surface area contributed by atoms with E-state index in [1.165, 1.54) is 25.4 Å². The second kappa shape index (κ2) is 9.43. The van der Waals surface area contributed by atoms with Crippen molar-refractivity contribution in [2.24, 2.45) is 0 Å². The first-order valence-corrected chi connectivity index (χ1v) is 10.5. The number of thiocarbonyl (C=S) groups is 1. The summed E-state index contributed by atoms with van der Waals surface area (Å²) in [7, 11) is 1.25. The Morgan fingerprint density at radius 3 is 2.21 bits per heavy atom. The van der Waals surface area contributed by atoms with Gasteiger partial charge in [-0.25, -0.2) is 26.7 Å². The number of halogens is 5. The molecule has 0 atom stereocenters. The number of aromatic nitrogens is 2. The Morgan fingerprint density at radius 2 is 1.64 bits per heavy atom. The molecule has 0 bridgehead atoms. The highest BCUT2D eigenvalue weighted by Crippen LogP contribution is 2.29. The van der Waals surface area contributed by atoms with Crippen LogP contribution in [0.1, 0.15) is 32.2 Å². The summed E-state index contributed by atoms with van der Waals surface area (Å²) in [6, 6.07) is 1.64. The van der Waals surface area contributed by atoms with Gasteiger partial charge in [-0.1, -0.05) is 0 Å². The van der Waals surface area contributed by atoms with E-state index >= 15 is 0 Å². The molecule has 0 radical (unpaired) electrons. The molecule has 0 spiro atoms. The number of carbonyl (C=O) groups excluding carboxylic acids is 1. The Bertz CT molecular complexity index is 1240. The van der Waals surface area contributed by atoms with Crippen LogP contribution in [0.5, 0.6) is 0 Å². The number of nitrogens with one attached hydrogen (secondary N) is 2. The number of benzene rings is 1. The predicted octanol–water partition coefficient (Wildman–Crippen LogP) is 5.21. The lowest BCUT2D eigenvalue weighted by Gasteiger charge is -2.12. The molecule has 0 amide bonds. The molecule has 13 heteroatoms. The quantitative estimate of drug-likeness (QED) is 0.164. The largest absolute Gasteiger partial charge is 0.465 e. The number of anilines is 2. The molecular formula is C20H17F5N4O2S2. The standard InChI is InChI=1S/C20H17F5N4O2S2/c1-7-5-10(19(30)31-4)18(33-7)27-20(32)26-17-8(2)28-29(9(17)3)6-11-12(21)14(23)16(25)15(24)13(11)22/h5H,6H2,1-4H3,(H2,26,27,32). The van der Waals surface area contributed by atoms with Gasteiger partial charge in [-0.05, 0) is 39.1 Å². The van der Waals surface area contributed by atoms with Crippen LogP contribution in [-0.2, 0) is 11.3 Å². The van der Waals surface area contributed by atoms with Crippen molar-refractivity contribution < 1.29 is 31.5 Å². The van der Waals surface area contributed by atoms with E-state index in [-0.39, 0.29) is 5.11 Å². The molecule has 3 aromatic rings. The van der Waals surface area contributed by atoms with Gasteiger partial charge in [0, 0.05) is 4.88 Å². The van der Waals surface area contributed by atoms with Crippen LogP contribution in [0.15, 0.2) is 6.07 Å². The molecule has 0 fully saturated rings. The first-order valence-electron chi connectivity index (χ1n) is 9.27. The van der Waals surface area contributed by atoms with Crippen molar-refractivity contribution in [2.45, 2.75) is 27.3 Å². The number of ether oxygens (including phenoxy) is 1. The molecular weight excluding hydrogens is 487 g/mol. The number of carbonyl (C=O) groups is 1. The summed E-state index contributed by atoms with van der Waals surface area (Å²) < 4.78 is 74.3. The lowest BCUT2D eigenvalue weighted by atomic mass is 10.1. The van der Waals surface area contributed by atoms with E-state index in [9.17, 15) is 26.7 Å². The maximum absolute atomic E-state index is 14.1. The van der Waals surface area contributed by atoms with Crippen molar-refractivity contribution in [3.8, 4) is 0 Å². The summed E-state index contributed by atoms with van der Waals surface area (Å²) in [5, 5.41) is 10.4. The first-order chi connectivity index (χ1) is 15.5. The summed E-state index contributed by atoms with van der Waals surface area (Å²) in [4.78, 5) is 12.8. The summed E-state index contributed by atoms with van der Waals surface area (Å²) in [6.45, 7) is 4.21. The van der Waals surface area contributed by atoms with Gasteiger partial charge < -0.3 is 15.4 Å². The molecule has 0 aliphatic rings. The van der Waals surface area contributed by atoms with Gasteiger partial charge >= 0.3 is 5.97 Å². The summed E-state index contributed by atoms with van der Waals surface area (Å²) in [5.74, 6) is -10.7. The van der Waals surface area contributed by atoms with Gasteiger partial charge in [0.15, 0.2) is 28.4 Å². The van der Waals surface area contributed by atoms with Crippen molar-refractivity contribution >= 4 is 45.3 Å². The smallest absolute Gasteiger partial charge is 0.340 e. The molecule has 0 aliphatic carbocycles. The normalized spacial score (nSPS) is 10.9. The van der Waals surface area contributed by atoms with Gasteiger partial charge in [0.25, 0.3) is 0 Å². The van der Waals surface area contributed by atoms with Crippen LogP contribution in [-0.4, -0.2) is 28.0 Å². The first kappa shape index (κ1) is 24.6. The van der Waals surface area contributed by atoms with Crippen molar-refractivity contribution in [1.29, 1.82) is 0 Å². The monoisotopic (exact) mass is 504 g/mol. The third-order valence-electron chi connectivity index (χ3n) is 4.72. The Labute approximate surface area is 194 Å². The van der Waals surface area contributed by atoms with Gasteiger partial charge in [0.2, 0.25) is 5.82 Å². The molecule has 0 saturated carbocycles. The SMILES string of the molecule is COC(=O)c1cc(C)sc1NC(=S)Nc1c(C)nn(Cc2c(F)c(F)c(F)c(F)c2F)c1C. The molecule has 2 N–H and O–H groups in total. The highest BCUT2D eigenvalue weighted by atomic mass is 32.1. The van der Waals surface area contributed by atoms with E-state index < -0.39 is 47.2 Å². The topological polar surface area (TPSA) is 68.2 Å².